The van der Waals surface area contributed by atoms with Crippen molar-refractivity contribution in [2.75, 3.05) is 45.1 Å². The molecule has 0 radical (unpaired) electrons. The van der Waals surface area contributed by atoms with E-state index in [1.54, 1.807) is 93.4 Å². The number of tetrazole rings is 1. The third kappa shape index (κ3) is 12.6. The monoisotopic (exact) mass is 965 g/mol. The maximum absolute atomic E-state index is 16.3. The molecule has 0 aliphatic carbocycles. The van der Waals surface area contributed by atoms with Crippen molar-refractivity contribution in [1.82, 2.24) is 29.8 Å². The van der Waals surface area contributed by atoms with Gasteiger partial charge in [-0.05, 0) is 104 Å². The number of methoxy groups -OCH3 is 3. The van der Waals surface area contributed by atoms with Crippen LogP contribution in [0.25, 0.3) is 11.4 Å². The first-order chi connectivity index (χ1) is 31.1. The minimum atomic E-state index is -4.87. The van der Waals surface area contributed by atoms with Crippen molar-refractivity contribution in [2.45, 2.75) is 100 Å². The average Bonchev–Trinajstić information content (AvgIpc) is 3.73. The van der Waals surface area contributed by atoms with Crippen LogP contribution in [0.2, 0.25) is 25.7 Å². The first-order valence-electron chi connectivity index (χ1n) is 21.5. The number of alkyl halides is 1. The van der Waals surface area contributed by atoms with Gasteiger partial charge in [-0.15, -0.1) is 10.2 Å². The van der Waals surface area contributed by atoms with Gasteiger partial charge in [-0.2, -0.15) is 9.10 Å². The van der Waals surface area contributed by atoms with Crippen molar-refractivity contribution in [3.05, 3.63) is 102 Å². The van der Waals surface area contributed by atoms with Crippen molar-refractivity contribution in [3.8, 4) is 28.6 Å². The zero-order valence-corrected chi connectivity index (χ0v) is 41.6. The van der Waals surface area contributed by atoms with Gasteiger partial charge in [0, 0.05) is 33.4 Å². The zero-order chi connectivity index (χ0) is 48.0. The molecule has 1 amide bonds. The first kappa shape index (κ1) is 49.9. The Labute approximate surface area is 388 Å². The number of amides is 1. The minimum Gasteiger partial charge on any atom is -0.497 e. The molecular formula is C46H60FN7O9S2Si. The number of piperidine rings is 1. The van der Waals surface area contributed by atoms with Crippen molar-refractivity contribution in [2.24, 2.45) is 0 Å². The van der Waals surface area contributed by atoms with Crippen molar-refractivity contribution in [1.29, 1.82) is 0 Å². The number of carbonyl (C=O) groups is 1. The number of sulfonamides is 1. The molecule has 1 fully saturated rings. The molecule has 356 valence electrons. The van der Waals surface area contributed by atoms with Crippen LogP contribution in [0.3, 0.4) is 0 Å². The molecule has 0 unspecified atom stereocenters. The number of rotatable bonds is 18. The summed E-state index contributed by atoms with van der Waals surface area (Å²) in [6.45, 7) is 10.9. The highest BCUT2D eigenvalue weighted by Gasteiger charge is 2.40. The number of halogens is 1. The molecule has 1 saturated heterocycles. The standard InChI is InChI=1S/C46H60FN7O9S2Si/c1-46(2,3)63-45(55)48-39-24-25-52(31-38(39)47)40-22-23-41(64(56,57)26-27-66(7,8)9)43(42(40)44-49-51-54(50-44)30-34-14-20-37(62-6)21-15-34)65(58,59)53(28-32-10-16-35(60-4)17-11-32)29-33-12-18-36(61-5)19-13-33/h10-23,38-39H,24-31H2,1-9H3,(H,48,55)/t38-,39+/m1/s1. The Balaban J connectivity index is 1.56. The molecule has 0 saturated carbocycles. The smallest absolute Gasteiger partial charge is 0.407 e. The number of carbonyl (C=O) groups excluding carboxylic acids is 1. The van der Waals surface area contributed by atoms with E-state index in [-0.39, 0.29) is 62.0 Å². The third-order valence-corrected chi connectivity index (χ3v) is 16.8. The van der Waals surface area contributed by atoms with Crippen LogP contribution in [0, 0.1) is 0 Å². The van der Waals surface area contributed by atoms with Crippen molar-refractivity contribution in [3.63, 3.8) is 0 Å². The van der Waals surface area contributed by atoms with Gasteiger partial charge >= 0.3 is 6.09 Å². The summed E-state index contributed by atoms with van der Waals surface area (Å²) in [5, 5.41) is 16.0. The van der Waals surface area contributed by atoms with E-state index in [0.29, 0.717) is 34.4 Å². The number of aromatic nitrogens is 4. The molecule has 1 aliphatic rings. The van der Waals surface area contributed by atoms with Gasteiger partial charge in [-0.1, -0.05) is 56.0 Å². The Morgan fingerprint density at radius 1 is 0.818 bits per heavy atom. The number of hydrogen-bond acceptors (Lipinski definition) is 13. The van der Waals surface area contributed by atoms with Crippen LogP contribution in [-0.4, -0.2) is 114 Å². The number of sulfone groups is 1. The van der Waals surface area contributed by atoms with E-state index < -0.39 is 61.6 Å². The second-order valence-electron chi connectivity index (χ2n) is 18.4. The summed E-state index contributed by atoms with van der Waals surface area (Å²) in [5.74, 6) is 1.27. The fraction of sp³-hybridized carbons (Fsp3) is 0.435. The summed E-state index contributed by atoms with van der Waals surface area (Å²) >= 11 is 0. The predicted octanol–water partition coefficient (Wildman–Crippen LogP) is 7.36. The lowest BCUT2D eigenvalue weighted by molar-refractivity contribution is 0.0463. The van der Waals surface area contributed by atoms with E-state index in [4.69, 9.17) is 24.0 Å². The highest BCUT2D eigenvalue weighted by atomic mass is 32.2. The van der Waals surface area contributed by atoms with Crippen LogP contribution >= 0.6 is 0 Å². The maximum atomic E-state index is 16.3. The first-order valence-corrected chi connectivity index (χ1v) is 28.3. The highest BCUT2D eigenvalue weighted by Crippen LogP contribution is 2.43. The Morgan fingerprint density at radius 3 is 1.83 bits per heavy atom. The summed E-state index contributed by atoms with van der Waals surface area (Å²) in [6, 6.07) is 23.2. The summed E-state index contributed by atoms with van der Waals surface area (Å²) in [6.07, 6.45) is -2.30. The Morgan fingerprint density at radius 2 is 1.35 bits per heavy atom. The van der Waals surface area contributed by atoms with Crippen LogP contribution in [0.4, 0.5) is 14.9 Å². The molecule has 0 bridgehead atoms. The van der Waals surface area contributed by atoms with E-state index in [0.717, 1.165) is 5.56 Å². The fourth-order valence-electron chi connectivity index (χ4n) is 7.36. The van der Waals surface area contributed by atoms with Gasteiger partial charge in [0.2, 0.25) is 15.8 Å². The summed E-state index contributed by atoms with van der Waals surface area (Å²) in [4.78, 5) is 14.7. The number of ether oxygens (including phenoxy) is 4. The largest absolute Gasteiger partial charge is 0.497 e. The van der Waals surface area contributed by atoms with Crippen LogP contribution in [0.1, 0.15) is 43.9 Å². The molecular weight excluding hydrogens is 906 g/mol. The van der Waals surface area contributed by atoms with E-state index >= 15 is 12.8 Å². The van der Waals surface area contributed by atoms with Crippen molar-refractivity contribution >= 4 is 39.7 Å². The average molecular weight is 966 g/mol. The van der Waals surface area contributed by atoms with E-state index in [9.17, 15) is 13.2 Å². The van der Waals surface area contributed by atoms with Gasteiger partial charge in [0.1, 0.15) is 33.9 Å². The number of alkyl carbamates (subject to hydrolysis) is 1. The molecule has 1 aromatic heterocycles. The molecule has 20 heteroatoms. The molecule has 2 heterocycles. The van der Waals surface area contributed by atoms with E-state index in [1.165, 1.54) is 35.5 Å². The van der Waals surface area contributed by atoms with Crippen LogP contribution in [0.5, 0.6) is 17.2 Å². The van der Waals surface area contributed by atoms with E-state index in [1.807, 2.05) is 31.8 Å². The summed E-state index contributed by atoms with van der Waals surface area (Å²) < 4.78 is 101. The minimum absolute atomic E-state index is 0.108. The topological polar surface area (TPSA) is 184 Å². The van der Waals surface area contributed by atoms with Gasteiger partial charge in [0.25, 0.3) is 0 Å². The second-order valence-corrected chi connectivity index (χ2v) is 28.0. The molecule has 2 atom stereocenters. The number of benzene rings is 4. The van der Waals surface area contributed by atoms with Gasteiger partial charge in [-0.25, -0.2) is 26.0 Å². The maximum Gasteiger partial charge on any atom is 0.407 e. The molecule has 66 heavy (non-hydrogen) atoms. The zero-order valence-electron chi connectivity index (χ0n) is 38.9. The van der Waals surface area contributed by atoms with Gasteiger partial charge in [0.05, 0.1) is 56.7 Å². The molecule has 1 aliphatic heterocycles. The second kappa shape index (κ2) is 20.5. The molecule has 0 spiro atoms. The van der Waals surface area contributed by atoms with Gasteiger partial charge < -0.3 is 29.2 Å². The number of nitrogens with zero attached hydrogens (tertiary/aromatic N) is 6. The molecule has 6 rings (SSSR count). The normalized spacial score (nSPS) is 16.0. The van der Waals surface area contributed by atoms with Crippen molar-refractivity contribution < 1.29 is 45.0 Å². The van der Waals surface area contributed by atoms with Crippen LogP contribution in [-0.2, 0) is 44.2 Å². The molecule has 5 aromatic rings. The number of anilines is 1. The Bertz CT molecular complexity index is 2630. The van der Waals surface area contributed by atoms with Gasteiger partial charge in [0.15, 0.2) is 9.84 Å². The van der Waals surface area contributed by atoms with Gasteiger partial charge in [-0.3, -0.25) is 0 Å². The molecule has 4 aromatic carbocycles. The number of hydrogen-bond donors (Lipinski definition) is 1. The summed E-state index contributed by atoms with van der Waals surface area (Å²) in [5.41, 5.74) is 1.19. The van der Waals surface area contributed by atoms with Crippen LogP contribution in [0.15, 0.2) is 94.7 Å². The predicted molar refractivity (Wildman–Crippen MR) is 253 cm³/mol. The SMILES string of the molecule is COc1ccc(CN(Cc2ccc(OC)cc2)S(=O)(=O)c2c(S(=O)(=O)CC[Si](C)(C)C)ccc(N3CC[C@H](NC(=O)OC(C)(C)C)[C@H](F)C3)c2-c2nnn(Cc3ccc(OC)cc3)n2)cc1. The quantitative estimate of drug-likeness (QED) is 0.0861. The highest BCUT2D eigenvalue weighted by molar-refractivity contribution is 7.93. The molecule has 16 nitrogen and oxygen atoms in total. The summed E-state index contributed by atoms with van der Waals surface area (Å²) in [7, 11) is -6.58. The van der Waals surface area contributed by atoms with Crippen LogP contribution < -0.4 is 24.4 Å². The van der Waals surface area contributed by atoms with E-state index in [2.05, 4.69) is 15.6 Å². The Kier molecular flexibility index (Phi) is 15.5. The number of nitrogens with one attached hydrogen (secondary N) is 1. The lowest BCUT2D eigenvalue weighted by Gasteiger charge is -2.38. The Hall–Kier alpha value is -5.57. The molecule has 1 N–H and O–H groups in total. The lowest BCUT2D eigenvalue weighted by atomic mass is 10.0. The third-order valence-electron chi connectivity index (χ3n) is 10.9. The lowest BCUT2D eigenvalue weighted by Crippen LogP contribution is -2.53. The fourth-order valence-corrected chi connectivity index (χ4v) is 14.1.